The van der Waals surface area contributed by atoms with E-state index in [-0.39, 0.29) is 0 Å². The number of hydrogen-bond donors (Lipinski definition) is 0. The summed E-state index contributed by atoms with van der Waals surface area (Å²) < 4.78 is 0. The number of halogens is 1. The van der Waals surface area contributed by atoms with Crippen LogP contribution in [0.4, 0.5) is 0 Å². The lowest BCUT2D eigenvalue weighted by Gasteiger charge is -2.07. The van der Waals surface area contributed by atoms with Gasteiger partial charge in [-0.2, -0.15) is 0 Å². The number of nitrogens with zero attached hydrogens (tertiary/aromatic N) is 2. The molecule has 0 aliphatic rings. The summed E-state index contributed by atoms with van der Waals surface area (Å²) in [7, 11) is 0. The summed E-state index contributed by atoms with van der Waals surface area (Å²) >= 11 is 5.96. The van der Waals surface area contributed by atoms with Gasteiger partial charge in [-0.25, -0.2) is 9.97 Å². The van der Waals surface area contributed by atoms with Crippen LogP contribution in [0.5, 0.6) is 0 Å². The van der Waals surface area contributed by atoms with Gasteiger partial charge in [0.05, 0.1) is 0 Å². The van der Waals surface area contributed by atoms with Gasteiger partial charge in [-0.15, -0.1) is 0 Å². The second-order valence-corrected chi connectivity index (χ2v) is 4.02. The van der Waals surface area contributed by atoms with Crippen molar-refractivity contribution in [1.29, 1.82) is 0 Å². The molecule has 1 aromatic rings. The molecule has 1 heterocycles. The minimum absolute atomic E-state index is 0.605. The predicted octanol–water partition coefficient (Wildman–Crippen LogP) is 3.03. The first-order valence-corrected chi connectivity index (χ1v) is 4.95. The van der Waals surface area contributed by atoms with Crippen LogP contribution in [0.2, 0.25) is 5.15 Å². The Morgan fingerprint density at radius 2 is 2.08 bits per heavy atom. The Morgan fingerprint density at radius 3 is 2.62 bits per heavy atom. The molecule has 3 heteroatoms. The fourth-order valence-corrected chi connectivity index (χ4v) is 1.46. The van der Waals surface area contributed by atoms with E-state index in [1.54, 1.807) is 0 Å². The van der Waals surface area contributed by atoms with Crippen molar-refractivity contribution in [2.24, 2.45) is 5.92 Å². The van der Waals surface area contributed by atoms with Gasteiger partial charge in [-0.3, -0.25) is 0 Å². The van der Waals surface area contributed by atoms with E-state index in [9.17, 15) is 0 Å². The third kappa shape index (κ3) is 2.96. The van der Waals surface area contributed by atoms with E-state index >= 15 is 0 Å². The SMILES string of the molecule is Cc1ncnc(Cl)c1CCC(C)C. The van der Waals surface area contributed by atoms with Gasteiger partial charge < -0.3 is 0 Å². The van der Waals surface area contributed by atoms with E-state index < -0.39 is 0 Å². The number of rotatable bonds is 3. The van der Waals surface area contributed by atoms with Gasteiger partial charge in [-0.1, -0.05) is 25.4 Å². The Bertz CT molecular complexity index is 264. The van der Waals surface area contributed by atoms with Gasteiger partial charge in [0.25, 0.3) is 0 Å². The highest BCUT2D eigenvalue weighted by Gasteiger charge is 2.06. The third-order valence-corrected chi connectivity index (χ3v) is 2.41. The smallest absolute Gasteiger partial charge is 0.135 e. The first-order chi connectivity index (χ1) is 6.11. The lowest BCUT2D eigenvalue weighted by molar-refractivity contribution is 0.584. The molecular formula is C10H15ClN2. The zero-order chi connectivity index (χ0) is 9.84. The van der Waals surface area contributed by atoms with E-state index in [1.165, 1.54) is 6.33 Å². The molecule has 0 aliphatic heterocycles. The molecular weight excluding hydrogens is 184 g/mol. The summed E-state index contributed by atoms with van der Waals surface area (Å²) in [6, 6.07) is 0. The van der Waals surface area contributed by atoms with Crippen LogP contribution in [0.3, 0.4) is 0 Å². The molecule has 72 valence electrons. The molecule has 0 N–H and O–H groups in total. The predicted molar refractivity (Wildman–Crippen MR) is 54.9 cm³/mol. The Balaban J connectivity index is 2.75. The van der Waals surface area contributed by atoms with E-state index in [0.29, 0.717) is 11.1 Å². The second kappa shape index (κ2) is 4.56. The summed E-state index contributed by atoms with van der Waals surface area (Å²) in [5, 5.41) is 0.605. The van der Waals surface area contributed by atoms with E-state index in [2.05, 4.69) is 23.8 Å². The van der Waals surface area contributed by atoms with Crippen molar-refractivity contribution in [2.75, 3.05) is 0 Å². The number of aryl methyl sites for hydroxylation is 1. The zero-order valence-electron chi connectivity index (χ0n) is 8.34. The fourth-order valence-electron chi connectivity index (χ4n) is 1.19. The number of aromatic nitrogens is 2. The molecule has 1 aromatic heterocycles. The van der Waals surface area contributed by atoms with E-state index in [4.69, 9.17) is 11.6 Å². The maximum atomic E-state index is 5.96. The van der Waals surface area contributed by atoms with Crippen molar-refractivity contribution in [2.45, 2.75) is 33.6 Å². The van der Waals surface area contributed by atoms with Gasteiger partial charge in [0.1, 0.15) is 11.5 Å². The number of hydrogen-bond acceptors (Lipinski definition) is 2. The molecule has 0 saturated heterocycles. The van der Waals surface area contributed by atoms with Crippen LogP contribution in [0, 0.1) is 12.8 Å². The molecule has 13 heavy (non-hydrogen) atoms. The van der Waals surface area contributed by atoms with E-state index in [0.717, 1.165) is 24.1 Å². The summed E-state index contributed by atoms with van der Waals surface area (Å²) in [5.41, 5.74) is 2.10. The molecule has 0 aliphatic carbocycles. The van der Waals surface area contributed by atoms with Crippen molar-refractivity contribution in [3.63, 3.8) is 0 Å². The molecule has 0 radical (unpaired) electrons. The molecule has 2 nitrogen and oxygen atoms in total. The van der Waals surface area contributed by atoms with Crippen LogP contribution in [0.1, 0.15) is 31.5 Å². The summed E-state index contributed by atoms with van der Waals surface area (Å²) in [6.07, 6.45) is 3.62. The lowest BCUT2D eigenvalue weighted by Crippen LogP contribution is -1.99. The van der Waals surface area contributed by atoms with Crippen molar-refractivity contribution in [3.8, 4) is 0 Å². The Morgan fingerprint density at radius 1 is 1.38 bits per heavy atom. The van der Waals surface area contributed by atoms with Gasteiger partial charge in [-0.05, 0) is 25.7 Å². The van der Waals surface area contributed by atoms with Crippen molar-refractivity contribution >= 4 is 11.6 Å². The second-order valence-electron chi connectivity index (χ2n) is 3.66. The molecule has 0 spiro atoms. The van der Waals surface area contributed by atoms with Gasteiger partial charge in [0, 0.05) is 11.3 Å². The standard InChI is InChI=1S/C10H15ClN2/c1-7(2)4-5-9-8(3)12-6-13-10(9)11/h6-7H,4-5H2,1-3H3. The van der Waals surface area contributed by atoms with Crippen LogP contribution >= 0.6 is 11.6 Å². The molecule has 0 amide bonds. The van der Waals surface area contributed by atoms with Crippen LogP contribution in [-0.4, -0.2) is 9.97 Å². The van der Waals surface area contributed by atoms with E-state index in [1.807, 2.05) is 6.92 Å². The molecule has 0 fully saturated rings. The van der Waals surface area contributed by atoms with Crippen molar-refractivity contribution in [3.05, 3.63) is 22.7 Å². The molecule has 0 aromatic carbocycles. The van der Waals surface area contributed by atoms with Crippen molar-refractivity contribution < 1.29 is 0 Å². The lowest BCUT2D eigenvalue weighted by atomic mass is 10.0. The summed E-state index contributed by atoms with van der Waals surface area (Å²) in [4.78, 5) is 8.09. The molecule has 1 rings (SSSR count). The maximum Gasteiger partial charge on any atom is 0.135 e. The Kier molecular flexibility index (Phi) is 3.67. The first-order valence-electron chi connectivity index (χ1n) is 4.57. The third-order valence-electron chi connectivity index (χ3n) is 2.08. The molecule has 0 unspecified atom stereocenters. The minimum Gasteiger partial charge on any atom is -0.241 e. The Labute approximate surface area is 84.4 Å². The molecule has 0 bridgehead atoms. The fraction of sp³-hybridized carbons (Fsp3) is 0.600. The molecule has 0 saturated carbocycles. The van der Waals surface area contributed by atoms with Crippen LogP contribution in [0.25, 0.3) is 0 Å². The highest BCUT2D eigenvalue weighted by molar-refractivity contribution is 6.30. The van der Waals surface area contributed by atoms with Crippen molar-refractivity contribution in [1.82, 2.24) is 9.97 Å². The van der Waals surface area contributed by atoms with Crippen LogP contribution in [-0.2, 0) is 6.42 Å². The average molecular weight is 199 g/mol. The maximum absolute atomic E-state index is 5.96. The first kappa shape index (κ1) is 10.5. The molecule has 0 atom stereocenters. The minimum atomic E-state index is 0.605. The normalized spacial score (nSPS) is 10.8. The highest BCUT2D eigenvalue weighted by atomic mass is 35.5. The highest BCUT2D eigenvalue weighted by Crippen LogP contribution is 2.18. The average Bonchev–Trinajstić information content (AvgIpc) is 2.03. The monoisotopic (exact) mass is 198 g/mol. The zero-order valence-corrected chi connectivity index (χ0v) is 9.10. The van der Waals surface area contributed by atoms with Gasteiger partial charge in [0.15, 0.2) is 0 Å². The van der Waals surface area contributed by atoms with Crippen LogP contribution < -0.4 is 0 Å². The Hall–Kier alpha value is -0.630. The summed E-state index contributed by atoms with van der Waals surface area (Å²) in [5.74, 6) is 0.690. The van der Waals surface area contributed by atoms with Crippen LogP contribution in [0.15, 0.2) is 6.33 Å². The largest absolute Gasteiger partial charge is 0.241 e. The summed E-state index contributed by atoms with van der Waals surface area (Å²) in [6.45, 7) is 6.38. The van der Waals surface area contributed by atoms with Gasteiger partial charge in [0.2, 0.25) is 0 Å². The topological polar surface area (TPSA) is 25.8 Å². The van der Waals surface area contributed by atoms with Gasteiger partial charge >= 0.3 is 0 Å². The quantitative estimate of drug-likeness (QED) is 0.698.